The highest BCUT2D eigenvalue weighted by molar-refractivity contribution is 6.30. The van der Waals surface area contributed by atoms with Crippen LogP contribution in [0.4, 0.5) is 0 Å². The fraction of sp³-hybridized carbons (Fsp3) is 0.120. The number of nitrogens with one attached hydrogen (secondary N) is 1. The number of hydrogen-bond acceptors (Lipinski definition) is 7. The lowest BCUT2D eigenvalue weighted by Crippen LogP contribution is -2.29. The maximum Gasteiger partial charge on any atom is 0.253 e. The number of nitrogens with zero attached hydrogens (tertiary/aromatic N) is 4. The summed E-state index contributed by atoms with van der Waals surface area (Å²) in [5.74, 6) is 0.427. The second kappa shape index (κ2) is 8.77. The van der Waals surface area contributed by atoms with Gasteiger partial charge in [-0.3, -0.25) is 14.4 Å². The number of benzene rings is 3. The summed E-state index contributed by atoms with van der Waals surface area (Å²) in [7, 11) is 1.59. The minimum Gasteiger partial charge on any atom is -0.504 e. The summed E-state index contributed by atoms with van der Waals surface area (Å²) >= 11 is 6.12. The molecule has 10 heteroatoms. The zero-order valence-corrected chi connectivity index (χ0v) is 19.5. The maximum atomic E-state index is 13.1. The highest BCUT2D eigenvalue weighted by Crippen LogP contribution is 2.33. The fourth-order valence-electron chi connectivity index (χ4n) is 3.94. The van der Waals surface area contributed by atoms with Crippen molar-refractivity contribution in [3.63, 3.8) is 0 Å². The van der Waals surface area contributed by atoms with Crippen molar-refractivity contribution in [3.8, 4) is 22.9 Å². The Hall–Kier alpha value is -4.37. The summed E-state index contributed by atoms with van der Waals surface area (Å²) < 4.78 is 7.30. The SMILES string of the molecule is COc1ccc2c(c1)C(c1ccc(Cl)cc1)=N[C@@H](NC(=O)c1ccc(O)c(O)c1)c1nnc(C)n1-2. The number of rotatable bonds is 4. The third-order valence-electron chi connectivity index (χ3n) is 5.68. The Morgan fingerprint density at radius 2 is 1.80 bits per heavy atom. The molecule has 1 amide bonds. The van der Waals surface area contributed by atoms with Gasteiger partial charge in [-0.15, -0.1) is 10.2 Å². The van der Waals surface area contributed by atoms with Gasteiger partial charge in [0.25, 0.3) is 5.91 Å². The zero-order valence-electron chi connectivity index (χ0n) is 18.7. The van der Waals surface area contributed by atoms with Gasteiger partial charge in [-0.2, -0.15) is 0 Å². The number of ether oxygens (including phenoxy) is 1. The van der Waals surface area contributed by atoms with Gasteiger partial charge in [0, 0.05) is 21.7 Å². The molecule has 9 nitrogen and oxygen atoms in total. The Labute approximate surface area is 205 Å². The van der Waals surface area contributed by atoms with Crippen molar-refractivity contribution in [1.82, 2.24) is 20.1 Å². The van der Waals surface area contributed by atoms with Crippen molar-refractivity contribution in [1.29, 1.82) is 0 Å². The Morgan fingerprint density at radius 1 is 1.03 bits per heavy atom. The van der Waals surface area contributed by atoms with Crippen LogP contribution in [-0.4, -0.2) is 43.7 Å². The molecule has 1 aliphatic heterocycles. The first-order valence-corrected chi connectivity index (χ1v) is 11.0. The summed E-state index contributed by atoms with van der Waals surface area (Å²) in [5.41, 5.74) is 3.06. The van der Waals surface area contributed by atoms with Crippen molar-refractivity contribution in [2.24, 2.45) is 4.99 Å². The summed E-state index contributed by atoms with van der Waals surface area (Å²) in [4.78, 5) is 18.0. The molecule has 1 aliphatic rings. The van der Waals surface area contributed by atoms with Crippen molar-refractivity contribution in [3.05, 3.63) is 94.0 Å². The van der Waals surface area contributed by atoms with Crippen LogP contribution in [-0.2, 0) is 0 Å². The molecule has 3 aromatic carbocycles. The number of phenolic OH excluding ortho intramolecular Hbond substituents is 2. The van der Waals surface area contributed by atoms with Crippen LogP contribution in [0.1, 0.15) is 39.3 Å². The first-order chi connectivity index (χ1) is 16.9. The zero-order chi connectivity index (χ0) is 24.7. The molecule has 176 valence electrons. The predicted octanol–water partition coefficient (Wildman–Crippen LogP) is 3.93. The highest BCUT2D eigenvalue weighted by atomic mass is 35.5. The van der Waals surface area contributed by atoms with Crippen LogP contribution >= 0.6 is 11.6 Å². The molecule has 0 radical (unpaired) electrons. The molecule has 2 heterocycles. The van der Waals surface area contributed by atoms with E-state index in [-0.39, 0.29) is 11.3 Å². The Bertz CT molecular complexity index is 1480. The molecule has 3 N–H and O–H groups in total. The second-order valence-corrected chi connectivity index (χ2v) is 8.32. The van der Waals surface area contributed by atoms with Crippen LogP contribution < -0.4 is 10.1 Å². The number of aliphatic imine (C=N–C) groups is 1. The quantitative estimate of drug-likeness (QED) is 0.373. The van der Waals surface area contributed by atoms with Crippen LogP contribution in [0.2, 0.25) is 5.02 Å². The molecular weight excluding hydrogens is 470 g/mol. The van der Waals surface area contributed by atoms with Crippen LogP contribution in [0.25, 0.3) is 5.69 Å². The summed E-state index contributed by atoms with van der Waals surface area (Å²) in [6.45, 7) is 1.81. The molecule has 0 unspecified atom stereocenters. The first kappa shape index (κ1) is 22.4. The number of phenols is 2. The number of amides is 1. The molecular formula is C25H20ClN5O4. The van der Waals surface area contributed by atoms with Crippen molar-refractivity contribution < 1.29 is 19.7 Å². The van der Waals surface area contributed by atoms with E-state index in [4.69, 9.17) is 21.3 Å². The molecule has 35 heavy (non-hydrogen) atoms. The van der Waals surface area contributed by atoms with Gasteiger partial charge in [-0.1, -0.05) is 23.7 Å². The standard InChI is InChI=1S/C25H20ClN5O4/c1-13-29-30-24-23(28-25(34)15-5-10-20(32)21(33)11-15)27-22(14-3-6-16(26)7-4-14)18-12-17(35-2)8-9-19(18)31(13)24/h3-12,23,32-33H,1-2H3,(H,28,34)/t23-/m0/s1. The van der Waals surface area contributed by atoms with Crippen molar-refractivity contribution in [2.75, 3.05) is 7.11 Å². The molecule has 0 aliphatic carbocycles. The lowest BCUT2D eigenvalue weighted by molar-refractivity contribution is 0.0936. The largest absolute Gasteiger partial charge is 0.504 e. The van der Waals surface area contributed by atoms with E-state index in [1.807, 2.05) is 41.8 Å². The van der Waals surface area contributed by atoms with Gasteiger partial charge in [0.2, 0.25) is 0 Å². The van der Waals surface area contributed by atoms with Gasteiger partial charge < -0.3 is 20.3 Å². The number of carbonyl (C=O) groups excluding carboxylic acids is 1. The molecule has 0 fully saturated rings. The molecule has 4 aromatic rings. The Balaban J connectivity index is 1.68. The van der Waals surface area contributed by atoms with Crippen molar-refractivity contribution in [2.45, 2.75) is 13.1 Å². The van der Waals surface area contributed by atoms with Gasteiger partial charge in [0.15, 0.2) is 23.5 Å². The topological polar surface area (TPSA) is 122 Å². The van der Waals surface area contributed by atoms with E-state index in [2.05, 4.69) is 15.5 Å². The number of halogens is 1. The molecule has 1 aromatic heterocycles. The van der Waals surface area contributed by atoms with E-state index in [0.717, 1.165) is 16.8 Å². The number of aromatic nitrogens is 3. The van der Waals surface area contributed by atoms with Crippen LogP contribution in [0.15, 0.2) is 65.7 Å². The molecule has 0 saturated carbocycles. The highest BCUT2D eigenvalue weighted by Gasteiger charge is 2.30. The first-order valence-electron chi connectivity index (χ1n) is 10.6. The van der Waals surface area contributed by atoms with E-state index in [9.17, 15) is 15.0 Å². The summed E-state index contributed by atoms with van der Waals surface area (Å²) in [5, 5.41) is 31.4. The lowest BCUT2D eigenvalue weighted by atomic mass is 10.00. The minimum atomic E-state index is -0.913. The third kappa shape index (κ3) is 4.06. The molecule has 5 rings (SSSR count). The molecule has 0 saturated heterocycles. The predicted molar refractivity (Wildman–Crippen MR) is 130 cm³/mol. The molecule has 0 bridgehead atoms. The number of aryl methyl sites for hydroxylation is 1. The monoisotopic (exact) mass is 489 g/mol. The van der Waals surface area contributed by atoms with Crippen LogP contribution in [0.3, 0.4) is 0 Å². The van der Waals surface area contributed by atoms with E-state index in [1.165, 1.54) is 18.2 Å². The number of methoxy groups -OCH3 is 1. The van der Waals surface area contributed by atoms with Gasteiger partial charge >= 0.3 is 0 Å². The average Bonchev–Trinajstić information content (AvgIpc) is 3.18. The van der Waals surface area contributed by atoms with Crippen molar-refractivity contribution >= 4 is 23.2 Å². The third-order valence-corrected chi connectivity index (χ3v) is 5.93. The maximum absolute atomic E-state index is 13.1. The van der Waals surface area contributed by atoms with Gasteiger partial charge in [0.1, 0.15) is 11.6 Å². The number of aromatic hydroxyl groups is 2. The van der Waals surface area contributed by atoms with Gasteiger partial charge in [-0.25, -0.2) is 0 Å². The smallest absolute Gasteiger partial charge is 0.253 e. The van der Waals surface area contributed by atoms with Crippen LogP contribution in [0, 0.1) is 6.92 Å². The lowest BCUT2D eigenvalue weighted by Gasteiger charge is -2.15. The number of hydrogen-bond donors (Lipinski definition) is 3. The number of carbonyl (C=O) groups is 1. The van der Waals surface area contributed by atoms with E-state index < -0.39 is 17.8 Å². The fourth-order valence-corrected chi connectivity index (χ4v) is 4.07. The molecule has 1 atom stereocenters. The molecule has 0 spiro atoms. The van der Waals surface area contributed by atoms with E-state index in [1.54, 1.807) is 19.2 Å². The Kier molecular flexibility index (Phi) is 5.62. The second-order valence-electron chi connectivity index (χ2n) is 7.89. The summed E-state index contributed by atoms with van der Waals surface area (Å²) in [6.07, 6.45) is -0.913. The van der Waals surface area contributed by atoms with Gasteiger partial charge in [-0.05, 0) is 55.5 Å². The minimum absolute atomic E-state index is 0.148. The van der Waals surface area contributed by atoms with Gasteiger partial charge in [0.05, 0.1) is 18.5 Å². The van der Waals surface area contributed by atoms with E-state index >= 15 is 0 Å². The van der Waals surface area contributed by atoms with Crippen LogP contribution in [0.5, 0.6) is 17.2 Å². The van der Waals surface area contributed by atoms with E-state index in [0.29, 0.717) is 28.1 Å². The normalized spacial score (nSPS) is 14.4. The average molecular weight is 490 g/mol. The summed E-state index contributed by atoms with van der Waals surface area (Å²) in [6, 6.07) is 16.6. The Morgan fingerprint density at radius 3 is 2.51 bits per heavy atom. The number of fused-ring (bicyclic) bond motifs is 3.